The molecule has 1 unspecified atom stereocenters. The number of para-hydroxylation sites is 1. The van der Waals surface area contributed by atoms with Crippen molar-refractivity contribution in [2.45, 2.75) is 26.5 Å². The summed E-state index contributed by atoms with van der Waals surface area (Å²) >= 11 is 0. The van der Waals surface area contributed by atoms with E-state index in [2.05, 4.69) is 20.5 Å². The summed E-state index contributed by atoms with van der Waals surface area (Å²) in [5.41, 5.74) is 3.96. The van der Waals surface area contributed by atoms with E-state index in [0.29, 0.717) is 17.1 Å². The Morgan fingerprint density at radius 1 is 1.06 bits per heavy atom. The number of pyridine rings is 2. The van der Waals surface area contributed by atoms with Gasteiger partial charge in [0.2, 0.25) is 0 Å². The molecule has 4 aromatic heterocycles. The van der Waals surface area contributed by atoms with E-state index in [1.807, 2.05) is 83.7 Å². The number of aryl methyl sites for hydroxylation is 1. The minimum atomic E-state index is -0.339. The van der Waals surface area contributed by atoms with Crippen LogP contribution in [0.5, 0.6) is 5.75 Å². The Kier molecular flexibility index (Phi) is 5.03. The normalized spacial score (nSPS) is 12.2. The maximum atomic E-state index is 13.0. The Morgan fingerprint density at radius 3 is 2.78 bits per heavy atom. The molecular formula is C24H22N6O2. The summed E-state index contributed by atoms with van der Waals surface area (Å²) in [6.07, 6.45) is 5.76. The summed E-state index contributed by atoms with van der Waals surface area (Å²) in [5.74, 6) is 0.913. The van der Waals surface area contributed by atoms with Gasteiger partial charge in [0.05, 0.1) is 17.3 Å². The van der Waals surface area contributed by atoms with Gasteiger partial charge in [-0.2, -0.15) is 0 Å². The maximum Gasteiger partial charge on any atom is 0.255 e. The van der Waals surface area contributed by atoms with E-state index >= 15 is 0 Å². The Bertz CT molecular complexity index is 1420. The number of hydrogen-bond donors (Lipinski definition) is 1. The minimum Gasteiger partial charge on any atom is -0.486 e. The molecule has 8 heteroatoms. The number of carbonyl (C=O) groups excluding carboxylic acids is 1. The monoisotopic (exact) mass is 426 g/mol. The molecular weight excluding hydrogens is 404 g/mol. The molecule has 1 atom stereocenters. The Balaban J connectivity index is 1.33. The number of hydrogen-bond acceptors (Lipinski definition) is 5. The molecule has 4 heterocycles. The van der Waals surface area contributed by atoms with Crippen molar-refractivity contribution in [3.63, 3.8) is 0 Å². The molecule has 0 saturated carbocycles. The number of rotatable bonds is 6. The van der Waals surface area contributed by atoms with Gasteiger partial charge in [0.25, 0.3) is 5.91 Å². The highest BCUT2D eigenvalue weighted by molar-refractivity contribution is 5.97. The van der Waals surface area contributed by atoms with Gasteiger partial charge >= 0.3 is 0 Å². The van der Waals surface area contributed by atoms with E-state index in [0.717, 1.165) is 22.6 Å². The van der Waals surface area contributed by atoms with Gasteiger partial charge in [-0.25, -0.2) is 4.98 Å². The van der Waals surface area contributed by atoms with Crippen LogP contribution in [0.25, 0.3) is 11.3 Å². The number of nitrogens with one attached hydrogen (secondary N) is 1. The standard InChI is InChI=1S/C24H22N6O2/c1-16-8-7-12-29-14-18(26-22(16)29)15-32-20-10-4-3-9-19(20)24(31)25-17(2)23-28-27-21-11-5-6-13-30(21)23/h3-14,17H,15H2,1-2H3,(H,25,31). The molecule has 1 N–H and O–H groups in total. The summed E-state index contributed by atoms with van der Waals surface area (Å²) < 4.78 is 9.82. The minimum absolute atomic E-state index is 0.244. The molecule has 0 saturated heterocycles. The lowest BCUT2D eigenvalue weighted by Gasteiger charge is -2.15. The third-order valence-corrected chi connectivity index (χ3v) is 5.31. The van der Waals surface area contributed by atoms with Crippen molar-refractivity contribution in [2.24, 2.45) is 0 Å². The zero-order valence-corrected chi connectivity index (χ0v) is 17.8. The van der Waals surface area contributed by atoms with Gasteiger partial charge in [-0.1, -0.05) is 24.3 Å². The zero-order valence-electron chi connectivity index (χ0n) is 17.8. The van der Waals surface area contributed by atoms with Gasteiger partial charge < -0.3 is 14.5 Å². The molecule has 8 nitrogen and oxygen atoms in total. The highest BCUT2D eigenvalue weighted by atomic mass is 16.5. The van der Waals surface area contributed by atoms with E-state index in [4.69, 9.17) is 4.74 Å². The van der Waals surface area contributed by atoms with Gasteiger partial charge in [-0.05, 0) is 49.7 Å². The van der Waals surface area contributed by atoms with Crippen molar-refractivity contribution >= 4 is 17.2 Å². The van der Waals surface area contributed by atoms with Crippen molar-refractivity contribution in [3.05, 3.63) is 95.8 Å². The van der Waals surface area contributed by atoms with Crippen LogP contribution < -0.4 is 10.1 Å². The van der Waals surface area contributed by atoms with Crippen LogP contribution in [-0.4, -0.2) is 29.9 Å². The SMILES string of the molecule is Cc1cccn2cc(COc3ccccc3C(=O)NC(C)c3nnc4ccccn34)nc12. The Labute approximate surface area is 184 Å². The van der Waals surface area contributed by atoms with E-state index in [1.54, 1.807) is 12.1 Å². The van der Waals surface area contributed by atoms with E-state index in [-0.39, 0.29) is 18.6 Å². The number of aromatic nitrogens is 5. The Morgan fingerprint density at radius 2 is 1.91 bits per heavy atom. The lowest BCUT2D eigenvalue weighted by Crippen LogP contribution is -2.28. The number of imidazole rings is 1. The molecule has 0 bridgehead atoms. The second-order valence-corrected chi connectivity index (χ2v) is 7.62. The first-order valence-corrected chi connectivity index (χ1v) is 10.4. The summed E-state index contributed by atoms with van der Waals surface area (Å²) in [6.45, 7) is 4.16. The number of amides is 1. The predicted molar refractivity (Wildman–Crippen MR) is 120 cm³/mol. The van der Waals surface area contributed by atoms with Crippen LogP contribution in [0.3, 0.4) is 0 Å². The van der Waals surface area contributed by atoms with Crippen LogP contribution in [0.15, 0.2) is 73.2 Å². The van der Waals surface area contributed by atoms with E-state index in [9.17, 15) is 4.79 Å². The summed E-state index contributed by atoms with van der Waals surface area (Å²) in [4.78, 5) is 17.7. The first kappa shape index (κ1) is 19.7. The average molecular weight is 426 g/mol. The molecule has 160 valence electrons. The first-order valence-electron chi connectivity index (χ1n) is 10.4. The number of nitrogens with zero attached hydrogens (tertiary/aromatic N) is 5. The van der Waals surface area contributed by atoms with Gasteiger partial charge in [-0.15, -0.1) is 10.2 Å². The fourth-order valence-corrected chi connectivity index (χ4v) is 3.70. The highest BCUT2D eigenvalue weighted by Gasteiger charge is 2.19. The molecule has 0 aliphatic carbocycles. The topological polar surface area (TPSA) is 85.8 Å². The fraction of sp³-hybridized carbons (Fsp3) is 0.167. The molecule has 1 aromatic carbocycles. The van der Waals surface area contributed by atoms with Gasteiger partial charge in [-0.3, -0.25) is 9.20 Å². The molecule has 0 aliphatic heterocycles. The molecule has 0 aliphatic rings. The number of fused-ring (bicyclic) bond motifs is 2. The molecule has 0 spiro atoms. The third kappa shape index (κ3) is 3.66. The number of benzene rings is 1. The van der Waals surface area contributed by atoms with E-state index < -0.39 is 0 Å². The van der Waals surface area contributed by atoms with Crippen LogP contribution >= 0.6 is 0 Å². The van der Waals surface area contributed by atoms with Gasteiger partial charge in [0, 0.05) is 18.6 Å². The summed E-state index contributed by atoms with van der Waals surface area (Å²) in [5, 5.41) is 11.4. The molecule has 0 radical (unpaired) electrons. The number of ether oxygens (including phenoxy) is 1. The Hall–Kier alpha value is -4.20. The average Bonchev–Trinajstić information content (AvgIpc) is 3.43. The molecule has 32 heavy (non-hydrogen) atoms. The lowest BCUT2D eigenvalue weighted by atomic mass is 10.1. The smallest absolute Gasteiger partial charge is 0.255 e. The van der Waals surface area contributed by atoms with Crippen LogP contribution in [0.2, 0.25) is 0 Å². The first-order chi connectivity index (χ1) is 15.6. The summed E-state index contributed by atoms with van der Waals surface area (Å²) in [7, 11) is 0. The molecule has 0 fully saturated rings. The van der Waals surface area contributed by atoms with E-state index in [1.165, 1.54) is 0 Å². The van der Waals surface area contributed by atoms with Crippen LogP contribution in [0.4, 0.5) is 0 Å². The molecule has 5 aromatic rings. The van der Waals surface area contributed by atoms with Crippen LogP contribution in [0.1, 0.15) is 40.4 Å². The second kappa shape index (κ2) is 8.14. The van der Waals surface area contributed by atoms with Crippen molar-refractivity contribution in [1.29, 1.82) is 0 Å². The van der Waals surface area contributed by atoms with Crippen molar-refractivity contribution in [2.75, 3.05) is 0 Å². The van der Waals surface area contributed by atoms with Crippen molar-refractivity contribution in [3.8, 4) is 5.75 Å². The van der Waals surface area contributed by atoms with Crippen LogP contribution in [-0.2, 0) is 6.61 Å². The maximum absolute atomic E-state index is 13.0. The quantitative estimate of drug-likeness (QED) is 0.447. The largest absolute Gasteiger partial charge is 0.486 e. The molecule has 1 amide bonds. The predicted octanol–water partition coefficient (Wildman–Crippen LogP) is 3.76. The number of carbonyl (C=O) groups is 1. The third-order valence-electron chi connectivity index (χ3n) is 5.31. The van der Waals surface area contributed by atoms with Crippen LogP contribution in [0, 0.1) is 6.92 Å². The lowest BCUT2D eigenvalue weighted by molar-refractivity contribution is 0.0933. The zero-order chi connectivity index (χ0) is 22.1. The second-order valence-electron chi connectivity index (χ2n) is 7.62. The molecule has 5 rings (SSSR count). The fourth-order valence-electron chi connectivity index (χ4n) is 3.70. The highest BCUT2D eigenvalue weighted by Crippen LogP contribution is 2.21. The van der Waals surface area contributed by atoms with Gasteiger partial charge in [0.1, 0.15) is 18.0 Å². The van der Waals surface area contributed by atoms with Crippen molar-refractivity contribution < 1.29 is 9.53 Å². The van der Waals surface area contributed by atoms with Crippen molar-refractivity contribution in [1.82, 2.24) is 29.3 Å². The van der Waals surface area contributed by atoms with Gasteiger partial charge in [0.15, 0.2) is 11.5 Å². The summed E-state index contributed by atoms with van der Waals surface area (Å²) in [6, 6.07) is 16.5.